The third-order valence-corrected chi connectivity index (χ3v) is 6.40. The Morgan fingerprint density at radius 2 is 2.21 bits per heavy atom. The van der Waals surface area contributed by atoms with E-state index in [0.29, 0.717) is 12.1 Å². The number of fused-ring (bicyclic) bond motifs is 1. The van der Waals surface area contributed by atoms with Crippen LogP contribution in [0, 0.1) is 0 Å². The molecule has 3 rings (SSSR count). The number of hydrogen-bond donors (Lipinski definition) is 1. The van der Waals surface area contributed by atoms with Crippen molar-refractivity contribution in [1.29, 1.82) is 0 Å². The third kappa shape index (κ3) is 3.54. The smallest absolute Gasteiger partial charge is 0.0649 e. The van der Waals surface area contributed by atoms with E-state index in [9.17, 15) is 0 Å². The van der Waals surface area contributed by atoms with E-state index in [1.807, 2.05) is 23.1 Å². The minimum atomic E-state index is 0.532. The predicted octanol–water partition coefficient (Wildman–Crippen LogP) is 4.22. The van der Waals surface area contributed by atoms with Gasteiger partial charge in [0.25, 0.3) is 0 Å². The molecule has 1 aliphatic carbocycles. The third-order valence-electron chi connectivity index (χ3n) is 4.06. The van der Waals surface area contributed by atoms with Crippen LogP contribution < -0.4 is 5.32 Å². The first-order chi connectivity index (χ1) is 9.33. The Hall–Kier alpha value is -0.0300. The zero-order valence-electron chi connectivity index (χ0n) is 11.6. The first kappa shape index (κ1) is 13.9. The Labute approximate surface area is 124 Å². The largest absolute Gasteiger partial charge is 0.377 e. The minimum Gasteiger partial charge on any atom is -0.377 e. The topological polar surface area (TPSA) is 21.3 Å². The van der Waals surface area contributed by atoms with Gasteiger partial charge in [0.15, 0.2) is 0 Å². The molecule has 1 aliphatic heterocycles. The lowest BCUT2D eigenvalue weighted by Gasteiger charge is -2.27. The molecule has 0 bridgehead atoms. The maximum absolute atomic E-state index is 5.93. The highest BCUT2D eigenvalue weighted by atomic mass is 32.2. The van der Waals surface area contributed by atoms with E-state index in [1.165, 1.54) is 41.9 Å². The molecular weight excluding hydrogens is 274 g/mol. The lowest BCUT2D eigenvalue weighted by atomic mass is 10.1. The van der Waals surface area contributed by atoms with Gasteiger partial charge >= 0.3 is 0 Å². The zero-order chi connectivity index (χ0) is 13.1. The summed E-state index contributed by atoms with van der Waals surface area (Å²) in [7, 11) is 0. The van der Waals surface area contributed by atoms with Gasteiger partial charge in [-0.1, -0.05) is 19.8 Å². The van der Waals surface area contributed by atoms with Gasteiger partial charge in [-0.3, -0.25) is 0 Å². The summed E-state index contributed by atoms with van der Waals surface area (Å²) in [5.41, 5.74) is 1.51. The number of thiophene rings is 1. The molecule has 0 aromatic carbocycles. The van der Waals surface area contributed by atoms with E-state index in [0.717, 1.165) is 18.4 Å². The number of ether oxygens (including phenoxy) is 1. The van der Waals surface area contributed by atoms with Crippen molar-refractivity contribution < 1.29 is 4.74 Å². The summed E-state index contributed by atoms with van der Waals surface area (Å²) >= 11 is 3.91. The Morgan fingerprint density at radius 1 is 1.37 bits per heavy atom. The van der Waals surface area contributed by atoms with Gasteiger partial charge in [-0.2, -0.15) is 0 Å². The first-order valence-corrected chi connectivity index (χ1v) is 9.18. The molecule has 4 heteroatoms. The minimum absolute atomic E-state index is 0.532. The highest BCUT2D eigenvalue weighted by molar-refractivity contribution is 8.01. The highest BCUT2D eigenvalue weighted by Gasteiger charge is 2.25. The van der Waals surface area contributed by atoms with Crippen LogP contribution in [0.15, 0.2) is 15.7 Å². The van der Waals surface area contributed by atoms with Crippen LogP contribution >= 0.6 is 23.1 Å². The SMILES string of the molecule is C[C@H]1CC(NCCOC2CCCC2)c2ccsc2S1. The molecule has 2 atom stereocenters. The van der Waals surface area contributed by atoms with Gasteiger partial charge in [0.2, 0.25) is 0 Å². The number of hydrogen-bond acceptors (Lipinski definition) is 4. The van der Waals surface area contributed by atoms with Gasteiger partial charge in [-0.25, -0.2) is 0 Å². The fraction of sp³-hybridized carbons (Fsp3) is 0.733. The van der Waals surface area contributed by atoms with Crippen LogP contribution in [0.1, 0.15) is 50.6 Å². The fourth-order valence-corrected chi connectivity index (χ4v) is 5.62. The Bertz CT molecular complexity index is 401. The summed E-state index contributed by atoms with van der Waals surface area (Å²) in [6.45, 7) is 4.17. The second kappa shape index (κ2) is 6.61. The van der Waals surface area contributed by atoms with Crippen molar-refractivity contribution in [3.63, 3.8) is 0 Å². The molecule has 0 radical (unpaired) electrons. The summed E-state index contributed by atoms with van der Waals surface area (Å²) in [5.74, 6) is 0. The van der Waals surface area contributed by atoms with Crippen LogP contribution in [0.3, 0.4) is 0 Å². The molecule has 1 unspecified atom stereocenters. The van der Waals surface area contributed by atoms with E-state index in [-0.39, 0.29) is 0 Å². The molecule has 1 fully saturated rings. The molecule has 0 saturated heterocycles. The molecular formula is C15H23NOS2. The van der Waals surface area contributed by atoms with Crippen LogP contribution in [0.5, 0.6) is 0 Å². The second-order valence-electron chi connectivity index (χ2n) is 5.61. The summed E-state index contributed by atoms with van der Waals surface area (Å²) in [6.07, 6.45) is 7.02. The lowest BCUT2D eigenvalue weighted by molar-refractivity contribution is 0.0589. The average molecular weight is 297 g/mol. The standard InChI is InChI=1S/C15H23NOS2/c1-11-10-14(13-6-9-18-15(13)19-11)16-7-8-17-12-4-2-3-5-12/h6,9,11-12,14,16H,2-5,7-8,10H2,1H3/t11-,14?/m0/s1. The Balaban J connectivity index is 1.45. The first-order valence-electron chi connectivity index (χ1n) is 7.42. The summed E-state index contributed by atoms with van der Waals surface area (Å²) in [5, 5.41) is 6.63. The lowest BCUT2D eigenvalue weighted by Crippen LogP contribution is -2.30. The average Bonchev–Trinajstić information content (AvgIpc) is 3.04. The maximum Gasteiger partial charge on any atom is 0.0649 e. The van der Waals surface area contributed by atoms with Gasteiger partial charge in [0, 0.05) is 17.8 Å². The quantitative estimate of drug-likeness (QED) is 0.822. The van der Waals surface area contributed by atoms with Crippen molar-refractivity contribution in [2.75, 3.05) is 13.2 Å². The molecule has 2 heterocycles. The van der Waals surface area contributed by atoms with Gasteiger partial charge in [-0.15, -0.1) is 23.1 Å². The molecule has 1 N–H and O–H groups in total. The van der Waals surface area contributed by atoms with E-state index < -0.39 is 0 Å². The summed E-state index contributed by atoms with van der Waals surface area (Å²) < 4.78 is 7.43. The Kier molecular flexibility index (Phi) is 4.85. The number of rotatable bonds is 5. The van der Waals surface area contributed by atoms with E-state index in [1.54, 1.807) is 0 Å². The number of nitrogens with one attached hydrogen (secondary N) is 1. The van der Waals surface area contributed by atoms with Crippen LogP contribution in [0.4, 0.5) is 0 Å². The van der Waals surface area contributed by atoms with Gasteiger partial charge in [-0.05, 0) is 36.3 Å². The van der Waals surface area contributed by atoms with Crippen LogP contribution in [0.2, 0.25) is 0 Å². The highest BCUT2D eigenvalue weighted by Crippen LogP contribution is 2.43. The second-order valence-corrected chi connectivity index (χ2v) is 8.23. The molecule has 19 heavy (non-hydrogen) atoms. The summed E-state index contributed by atoms with van der Waals surface area (Å²) in [6, 6.07) is 2.82. The monoisotopic (exact) mass is 297 g/mol. The molecule has 106 valence electrons. The van der Waals surface area contributed by atoms with Crippen LogP contribution in [-0.2, 0) is 4.74 Å². The van der Waals surface area contributed by atoms with E-state index in [4.69, 9.17) is 4.74 Å². The predicted molar refractivity (Wildman–Crippen MR) is 83.2 cm³/mol. The van der Waals surface area contributed by atoms with Gasteiger partial charge in [0.05, 0.1) is 16.9 Å². The van der Waals surface area contributed by atoms with Crippen molar-refractivity contribution in [3.05, 3.63) is 17.0 Å². The van der Waals surface area contributed by atoms with Crippen molar-refractivity contribution in [3.8, 4) is 0 Å². The van der Waals surface area contributed by atoms with Gasteiger partial charge < -0.3 is 10.1 Å². The van der Waals surface area contributed by atoms with Crippen molar-refractivity contribution in [2.45, 2.75) is 60.6 Å². The molecule has 2 nitrogen and oxygen atoms in total. The van der Waals surface area contributed by atoms with Crippen LogP contribution in [0.25, 0.3) is 0 Å². The molecule has 0 spiro atoms. The fourth-order valence-electron chi connectivity index (χ4n) is 3.06. The normalized spacial score (nSPS) is 27.6. The van der Waals surface area contributed by atoms with Crippen molar-refractivity contribution in [2.24, 2.45) is 0 Å². The van der Waals surface area contributed by atoms with Crippen molar-refractivity contribution >= 4 is 23.1 Å². The molecule has 0 amide bonds. The number of thioether (sulfide) groups is 1. The molecule has 1 saturated carbocycles. The maximum atomic E-state index is 5.93. The van der Waals surface area contributed by atoms with Crippen molar-refractivity contribution in [1.82, 2.24) is 5.32 Å². The van der Waals surface area contributed by atoms with Crippen LogP contribution in [-0.4, -0.2) is 24.5 Å². The molecule has 1 aromatic rings. The molecule has 2 aliphatic rings. The van der Waals surface area contributed by atoms with Gasteiger partial charge in [0.1, 0.15) is 0 Å². The van der Waals surface area contributed by atoms with E-state index in [2.05, 4.69) is 23.7 Å². The molecule has 1 aromatic heterocycles. The summed E-state index contributed by atoms with van der Waals surface area (Å²) in [4.78, 5) is 0. The van der Waals surface area contributed by atoms with E-state index >= 15 is 0 Å². The Morgan fingerprint density at radius 3 is 3.05 bits per heavy atom. The zero-order valence-corrected chi connectivity index (χ0v) is 13.2.